The molecule has 0 aromatic heterocycles. The van der Waals surface area contributed by atoms with Crippen LogP contribution < -0.4 is 0 Å². The quantitative estimate of drug-likeness (QED) is 0.635. The highest BCUT2D eigenvalue weighted by Crippen LogP contribution is 2.23. The van der Waals surface area contributed by atoms with E-state index in [2.05, 4.69) is 33.4 Å². The van der Waals surface area contributed by atoms with Gasteiger partial charge in [0, 0.05) is 0 Å². The summed E-state index contributed by atoms with van der Waals surface area (Å²) in [7, 11) is 0. The molecule has 0 aromatic carbocycles. The number of allylic oxidation sites excluding steroid dienone is 3. The van der Waals surface area contributed by atoms with Gasteiger partial charge in [-0.15, -0.1) is 0 Å². The third-order valence-electron chi connectivity index (χ3n) is 3.12. The summed E-state index contributed by atoms with van der Waals surface area (Å²) in [6.07, 6.45) is 6.02. The Hall–Kier alpha value is -1.05. The second-order valence-electron chi connectivity index (χ2n) is 5.23. The van der Waals surface area contributed by atoms with Crippen LogP contribution >= 0.6 is 0 Å². The highest BCUT2D eigenvalue weighted by molar-refractivity contribution is 5.69. The lowest BCUT2D eigenvalue weighted by Crippen LogP contribution is -2.10. The third-order valence-corrected chi connectivity index (χ3v) is 3.12. The second-order valence-corrected chi connectivity index (χ2v) is 5.23. The number of carboxylic acids is 1. The predicted octanol–water partition coefficient (Wildman–Crippen LogP) is 4.43. The summed E-state index contributed by atoms with van der Waals surface area (Å²) in [5, 5.41) is 8.81. The molecule has 0 saturated heterocycles. The van der Waals surface area contributed by atoms with Crippen LogP contribution in [0.15, 0.2) is 23.8 Å². The summed E-state index contributed by atoms with van der Waals surface area (Å²) < 4.78 is 0. The van der Waals surface area contributed by atoms with Crippen molar-refractivity contribution in [2.45, 2.75) is 53.4 Å². The van der Waals surface area contributed by atoms with E-state index in [-0.39, 0.29) is 5.92 Å². The summed E-state index contributed by atoms with van der Waals surface area (Å²) in [5.74, 6) is -0.434. The molecule has 2 atom stereocenters. The lowest BCUT2D eigenvalue weighted by atomic mass is 9.90. The first-order valence-electron chi connectivity index (χ1n) is 6.36. The minimum absolute atomic E-state index is 0.232. The van der Waals surface area contributed by atoms with Crippen LogP contribution in [0.1, 0.15) is 53.4 Å². The van der Waals surface area contributed by atoms with Gasteiger partial charge in [0.25, 0.3) is 0 Å². The van der Waals surface area contributed by atoms with E-state index in [1.165, 1.54) is 11.1 Å². The minimum Gasteiger partial charge on any atom is -0.481 e. The van der Waals surface area contributed by atoms with Crippen molar-refractivity contribution in [3.05, 3.63) is 23.8 Å². The van der Waals surface area contributed by atoms with Crippen LogP contribution in [0, 0.1) is 11.8 Å². The molecule has 0 aliphatic heterocycles. The first-order valence-corrected chi connectivity index (χ1v) is 6.36. The van der Waals surface area contributed by atoms with Crippen molar-refractivity contribution in [1.82, 2.24) is 0 Å². The summed E-state index contributed by atoms with van der Waals surface area (Å²) in [6, 6.07) is 0. The molecule has 0 saturated carbocycles. The number of carboxylic acid groups (broad SMARTS) is 1. The average Bonchev–Trinajstić information content (AvgIpc) is 2.21. The van der Waals surface area contributed by atoms with Gasteiger partial charge in [0.05, 0.1) is 5.92 Å². The normalized spacial score (nSPS) is 13.9. The summed E-state index contributed by atoms with van der Waals surface area (Å²) in [4.78, 5) is 10.7. The van der Waals surface area contributed by atoms with Gasteiger partial charge in [0.1, 0.15) is 0 Å². The number of rotatable bonds is 8. The van der Waals surface area contributed by atoms with Gasteiger partial charge in [0.2, 0.25) is 0 Å². The van der Waals surface area contributed by atoms with Crippen molar-refractivity contribution in [3.63, 3.8) is 0 Å². The molecule has 17 heavy (non-hydrogen) atoms. The highest BCUT2D eigenvalue weighted by atomic mass is 16.4. The molecule has 0 spiro atoms. The van der Waals surface area contributed by atoms with E-state index >= 15 is 0 Å². The zero-order valence-corrected chi connectivity index (χ0v) is 11.6. The Balaban J connectivity index is 4.06. The first kappa shape index (κ1) is 16.0. The Bertz CT molecular complexity index is 285. The molecule has 0 radical (unpaired) electrons. The van der Waals surface area contributed by atoms with E-state index in [1.54, 1.807) is 6.92 Å². The first-order chi connectivity index (χ1) is 7.84. The van der Waals surface area contributed by atoms with Gasteiger partial charge in [-0.2, -0.15) is 0 Å². The highest BCUT2D eigenvalue weighted by Gasteiger charge is 2.13. The molecular formula is C15H26O2. The molecule has 0 amide bonds. The van der Waals surface area contributed by atoms with Crippen molar-refractivity contribution < 1.29 is 9.90 Å². The maximum absolute atomic E-state index is 10.7. The number of hydrogen-bond acceptors (Lipinski definition) is 1. The van der Waals surface area contributed by atoms with Crippen molar-refractivity contribution in [1.29, 1.82) is 0 Å². The Labute approximate surface area is 105 Å². The van der Waals surface area contributed by atoms with Crippen LogP contribution in [0.25, 0.3) is 0 Å². The zero-order valence-electron chi connectivity index (χ0n) is 11.6. The van der Waals surface area contributed by atoms with Gasteiger partial charge in [-0.3, -0.25) is 4.79 Å². The smallest absolute Gasteiger partial charge is 0.306 e. The molecular weight excluding hydrogens is 212 g/mol. The Morgan fingerprint density at radius 2 is 1.88 bits per heavy atom. The summed E-state index contributed by atoms with van der Waals surface area (Å²) >= 11 is 0. The van der Waals surface area contributed by atoms with Crippen LogP contribution in [-0.2, 0) is 4.79 Å². The van der Waals surface area contributed by atoms with E-state index < -0.39 is 5.97 Å². The molecule has 0 bridgehead atoms. The van der Waals surface area contributed by atoms with Crippen LogP contribution in [-0.4, -0.2) is 11.1 Å². The lowest BCUT2D eigenvalue weighted by molar-refractivity contribution is -0.141. The number of hydrogen-bond donors (Lipinski definition) is 1. The van der Waals surface area contributed by atoms with E-state index in [9.17, 15) is 4.79 Å². The zero-order chi connectivity index (χ0) is 13.4. The topological polar surface area (TPSA) is 37.3 Å². The van der Waals surface area contributed by atoms with Gasteiger partial charge in [-0.1, -0.05) is 37.1 Å². The van der Waals surface area contributed by atoms with Crippen LogP contribution in [0.2, 0.25) is 0 Å². The Morgan fingerprint density at radius 3 is 2.29 bits per heavy atom. The molecule has 0 aromatic rings. The maximum atomic E-state index is 10.7. The molecule has 2 heteroatoms. The van der Waals surface area contributed by atoms with Crippen LogP contribution in [0.3, 0.4) is 0 Å². The average molecular weight is 238 g/mol. The standard InChI is InChI=1S/C15H26O2/c1-11(2)9-10-14(12(3)4)8-6-7-13(5)15(16)17/h9,13-14H,3,6-8,10H2,1-2,4-5H3,(H,16,17)/t13-,14?/m1/s1. The molecule has 0 fully saturated rings. The van der Waals surface area contributed by atoms with E-state index in [0.717, 1.165) is 25.7 Å². The van der Waals surface area contributed by atoms with Crippen molar-refractivity contribution in [2.24, 2.45) is 11.8 Å². The fourth-order valence-electron chi connectivity index (χ4n) is 1.74. The molecule has 0 rings (SSSR count). The largest absolute Gasteiger partial charge is 0.481 e. The van der Waals surface area contributed by atoms with Gasteiger partial charge in [0.15, 0.2) is 0 Å². The molecule has 2 nitrogen and oxygen atoms in total. The lowest BCUT2D eigenvalue weighted by Gasteiger charge is -2.16. The van der Waals surface area contributed by atoms with Crippen molar-refractivity contribution in [3.8, 4) is 0 Å². The van der Waals surface area contributed by atoms with Gasteiger partial charge < -0.3 is 5.11 Å². The molecule has 0 aliphatic carbocycles. The number of aliphatic carboxylic acids is 1. The maximum Gasteiger partial charge on any atom is 0.306 e. The van der Waals surface area contributed by atoms with Crippen LogP contribution in [0.4, 0.5) is 0 Å². The fourth-order valence-corrected chi connectivity index (χ4v) is 1.74. The van der Waals surface area contributed by atoms with Gasteiger partial charge in [-0.25, -0.2) is 0 Å². The fraction of sp³-hybridized carbons (Fsp3) is 0.667. The Morgan fingerprint density at radius 1 is 1.29 bits per heavy atom. The monoisotopic (exact) mass is 238 g/mol. The molecule has 98 valence electrons. The van der Waals surface area contributed by atoms with Crippen molar-refractivity contribution in [2.75, 3.05) is 0 Å². The third kappa shape index (κ3) is 7.78. The summed E-state index contributed by atoms with van der Waals surface area (Å²) in [5.41, 5.74) is 2.53. The molecule has 1 unspecified atom stereocenters. The SMILES string of the molecule is C=C(C)C(CC=C(C)C)CCC[C@@H](C)C(=O)O. The van der Waals surface area contributed by atoms with E-state index in [0.29, 0.717) is 5.92 Å². The van der Waals surface area contributed by atoms with Gasteiger partial charge >= 0.3 is 5.97 Å². The van der Waals surface area contributed by atoms with Crippen LogP contribution in [0.5, 0.6) is 0 Å². The van der Waals surface area contributed by atoms with E-state index in [1.807, 2.05) is 0 Å². The number of carbonyl (C=O) groups is 1. The minimum atomic E-state index is -0.693. The van der Waals surface area contributed by atoms with E-state index in [4.69, 9.17) is 5.11 Å². The Kier molecular flexibility index (Phi) is 7.60. The van der Waals surface area contributed by atoms with Gasteiger partial charge in [-0.05, 0) is 46.0 Å². The molecule has 1 N–H and O–H groups in total. The van der Waals surface area contributed by atoms with Crippen molar-refractivity contribution >= 4 is 5.97 Å². The molecule has 0 heterocycles. The predicted molar refractivity (Wildman–Crippen MR) is 73.0 cm³/mol. The second kappa shape index (κ2) is 8.10. The molecule has 0 aliphatic rings. The summed E-state index contributed by atoms with van der Waals surface area (Å²) in [6.45, 7) is 12.1.